The minimum atomic E-state index is -0.260. The number of amides is 1. The van der Waals surface area contributed by atoms with Gasteiger partial charge in [-0.3, -0.25) is 9.48 Å². The second-order valence-electron chi connectivity index (χ2n) is 5.68. The smallest absolute Gasteiger partial charge is 0.276 e. The van der Waals surface area contributed by atoms with Crippen LogP contribution in [0.1, 0.15) is 17.4 Å². The highest BCUT2D eigenvalue weighted by molar-refractivity contribution is 6.03. The van der Waals surface area contributed by atoms with Crippen molar-refractivity contribution in [3.8, 4) is 22.8 Å². The second kappa shape index (κ2) is 7.74. The Morgan fingerprint density at radius 1 is 1.08 bits per heavy atom. The summed E-state index contributed by atoms with van der Waals surface area (Å²) in [6.07, 6.45) is 0. The van der Waals surface area contributed by atoms with Gasteiger partial charge in [-0.25, -0.2) is 0 Å². The number of hydrogen-bond donors (Lipinski definition) is 1. The summed E-state index contributed by atoms with van der Waals surface area (Å²) in [6, 6.07) is 16.6. The molecule has 1 N–H and O–H groups in total. The highest BCUT2D eigenvalue weighted by Crippen LogP contribution is 2.23. The van der Waals surface area contributed by atoms with Crippen LogP contribution in [0.25, 0.3) is 11.3 Å². The van der Waals surface area contributed by atoms with Crippen molar-refractivity contribution in [1.82, 2.24) is 9.78 Å². The van der Waals surface area contributed by atoms with Crippen LogP contribution in [0.4, 0.5) is 5.69 Å². The van der Waals surface area contributed by atoms with E-state index in [1.165, 1.54) is 0 Å². The molecule has 6 nitrogen and oxygen atoms in total. The first kappa shape index (κ1) is 17.5. The van der Waals surface area contributed by atoms with E-state index in [9.17, 15) is 4.79 Å². The molecule has 2 aromatic carbocycles. The van der Waals surface area contributed by atoms with Gasteiger partial charge in [0.05, 0.1) is 19.4 Å². The second-order valence-corrected chi connectivity index (χ2v) is 5.68. The van der Waals surface area contributed by atoms with E-state index in [1.54, 1.807) is 30.0 Å². The molecule has 26 heavy (non-hydrogen) atoms. The molecule has 0 atom stereocenters. The van der Waals surface area contributed by atoms with Crippen LogP contribution in [-0.2, 0) is 7.05 Å². The fraction of sp³-hybridized carbons (Fsp3) is 0.200. The van der Waals surface area contributed by atoms with Gasteiger partial charge in [0.2, 0.25) is 0 Å². The molecule has 3 rings (SSSR count). The Labute approximate surface area is 152 Å². The van der Waals surface area contributed by atoms with E-state index in [0.29, 0.717) is 18.0 Å². The number of carbonyl (C=O) groups excluding carboxylic acids is 1. The Kier molecular flexibility index (Phi) is 5.22. The first-order chi connectivity index (χ1) is 12.6. The summed E-state index contributed by atoms with van der Waals surface area (Å²) in [5.74, 6) is 1.29. The summed E-state index contributed by atoms with van der Waals surface area (Å²) in [4.78, 5) is 12.5. The molecule has 1 aromatic heterocycles. The van der Waals surface area contributed by atoms with E-state index in [-0.39, 0.29) is 5.91 Å². The van der Waals surface area contributed by atoms with Crippen molar-refractivity contribution >= 4 is 11.6 Å². The summed E-state index contributed by atoms with van der Waals surface area (Å²) in [5, 5.41) is 7.17. The number of hydrogen-bond acceptors (Lipinski definition) is 4. The van der Waals surface area contributed by atoms with Crippen molar-refractivity contribution in [3.05, 3.63) is 60.3 Å². The van der Waals surface area contributed by atoms with E-state index in [1.807, 2.05) is 50.4 Å². The summed E-state index contributed by atoms with van der Waals surface area (Å²) in [6.45, 7) is 2.53. The molecular weight excluding hydrogens is 330 g/mol. The fourth-order valence-electron chi connectivity index (χ4n) is 2.61. The van der Waals surface area contributed by atoms with Gasteiger partial charge in [0.25, 0.3) is 5.91 Å². The lowest BCUT2D eigenvalue weighted by Gasteiger charge is -2.05. The third kappa shape index (κ3) is 3.85. The zero-order valence-electron chi connectivity index (χ0n) is 15.0. The minimum absolute atomic E-state index is 0.260. The fourth-order valence-corrected chi connectivity index (χ4v) is 2.61. The van der Waals surface area contributed by atoms with Crippen LogP contribution in [0.2, 0.25) is 0 Å². The molecule has 3 aromatic rings. The molecule has 0 aliphatic heterocycles. The van der Waals surface area contributed by atoms with Crippen LogP contribution in [0.3, 0.4) is 0 Å². The monoisotopic (exact) mass is 351 g/mol. The van der Waals surface area contributed by atoms with Crippen molar-refractivity contribution in [3.63, 3.8) is 0 Å². The number of carbonyl (C=O) groups is 1. The molecule has 1 amide bonds. The number of ether oxygens (including phenoxy) is 2. The van der Waals surface area contributed by atoms with E-state index < -0.39 is 0 Å². The molecule has 0 unspecified atom stereocenters. The molecule has 0 spiro atoms. The number of nitrogens with zero attached hydrogens (tertiary/aromatic N) is 2. The molecule has 0 bridgehead atoms. The molecule has 0 aliphatic rings. The molecule has 0 radical (unpaired) electrons. The lowest BCUT2D eigenvalue weighted by molar-refractivity contribution is 0.102. The largest absolute Gasteiger partial charge is 0.497 e. The van der Waals surface area contributed by atoms with Gasteiger partial charge in [-0.2, -0.15) is 5.10 Å². The molecule has 134 valence electrons. The maximum Gasteiger partial charge on any atom is 0.276 e. The lowest BCUT2D eigenvalue weighted by atomic mass is 10.1. The maximum atomic E-state index is 12.5. The van der Waals surface area contributed by atoms with Crippen LogP contribution < -0.4 is 14.8 Å². The van der Waals surface area contributed by atoms with Crippen molar-refractivity contribution in [2.45, 2.75) is 6.92 Å². The number of rotatable bonds is 6. The maximum absolute atomic E-state index is 12.5. The highest BCUT2D eigenvalue weighted by atomic mass is 16.5. The molecule has 0 aliphatic carbocycles. The van der Waals surface area contributed by atoms with E-state index >= 15 is 0 Å². The zero-order valence-corrected chi connectivity index (χ0v) is 15.0. The van der Waals surface area contributed by atoms with Crippen molar-refractivity contribution < 1.29 is 14.3 Å². The quantitative estimate of drug-likeness (QED) is 0.735. The van der Waals surface area contributed by atoms with Gasteiger partial charge in [-0.05, 0) is 61.5 Å². The zero-order chi connectivity index (χ0) is 18.5. The molecule has 6 heteroatoms. The molecular formula is C20H21N3O3. The normalized spacial score (nSPS) is 10.4. The van der Waals surface area contributed by atoms with Gasteiger partial charge >= 0.3 is 0 Å². The number of nitrogens with one attached hydrogen (secondary N) is 1. The first-order valence-corrected chi connectivity index (χ1v) is 8.33. The van der Waals surface area contributed by atoms with E-state index in [2.05, 4.69) is 10.4 Å². The predicted molar refractivity (Wildman–Crippen MR) is 101 cm³/mol. The summed E-state index contributed by atoms with van der Waals surface area (Å²) < 4.78 is 12.3. The van der Waals surface area contributed by atoms with E-state index in [0.717, 1.165) is 22.8 Å². The van der Waals surface area contributed by atoms with Gasteiger partial charge in [0.1, 0.15) is 11.5 Å². The van der Waals surface area contributed by atoms with Crippen molar-refractivity contribution in [2.24, 2.45) is 7.05 Å². The summed E-state index contributed by atoms with van der Waals surface area (Å²) >= 11 is 0. The average molecular weight is 351 g/mol. The van der Waals surface area contributed by atoms with Gasteiger partial charge < -0.3 is 14.8 Å². The SMILES string of the molecule is CCOc1ccc(NC(=O)c2cc(-c3ccc(OC)cc3)n(C)n2)cc1. The van der Waals surface area contributed by atoms with Crippen LogP contribution >= 0.6 is 0 Å². The third-order valence-corrected chi connectivity index (χ3v) is 3.92. The predicted octanol–water partition coefficient (Wildman–Crippen LogP) is 3.75. The van der Waals surface area contributed by atoms with Gasteiger partial charge in [0, 0.05) is 18.3 Å². The highest BCUT2D eigenvalue weighted by Gasteiger charge is 2.14. The van der Waals surface area contributed by atoms with Crippen LogP contribution in [0.5, 0.6) is 11.5 Å². The molecule has 1 heterocycles. The van der Waals surface area contributed by atoms with Gasteiger partial charge in [-0.1, -0.05) is 0 Å². The average Bonchev–Trinajstić information content (AvgIpc) is 3.05. The van der Waals surface area contributed by atoms with Crippen LogP contribution in [-0.4, -0.2) is 29.4 Å². The lowest BCUT2D eigenvalue weighted by Crippen LogP contribution is -2.12. The van der Waals surface area contributed by atoms with Crippen molar-refractivity contribution in [2.75, 3.05) is 19.0 Å². The van der Waals surface area contributed by atoms with Crippen LogP contribution in [0, 0.1) is 0 Å². The number of benzene rings is 2. The minimum Gasteiger partial charge on any atom is -0.497 e. The standard InChI is InChI=1S/C20H21N3O3/c1-4-26-17-11-7-15(8-12-17)21-20(24)18-13-19(23(2)22-18)14-5-9-16(25-3)10-6-14/h5-13H,4H2,1-3H3,(H,21,24). The van der Waals surface area contributed by atoms with Gasteiger partial charge in [-0.15, -0.1) is 0 Å². The molecule has 0 saturated heterocycles. The Balaban J connectivity index is 1.75. The molecule has 0 saturated carbocycles. The summed E-state index contributed by atoms with van der Waals surface area (Å²) in [7, 11) is 3.44. The van der Waals surface area contributed by atoms with E-state index in [4.69, 9.17) is 9.47 Å². The Morgan fingerprint density at radius 2 is 1.73 bits per heavy atom. The number of aryl methyl sites for hydroxylation is 1. The van der Waals surface area contributed by atoms with Crippen molar-refractivity contribution in [1.29, 1.82) is 0 Å². The third-order valence-electron chi connectivity index (χ3n) is 3.92. The number of anilines is 1. The Bertz CT molecular complexity index is 884. The summed E-state index contributed by atoms with van der Waals surface area (Å²) in [5.41, 5.74) is 2.85. The van der Waals surface area contributed by atoms with Gasteiger partial charge in [0.15, 0.2) is 5.69 Å². The number of methoxy groups -OCH3 is 1. The Morgan fingerprint density at radius 3 is 2.35 bits per heavy atom. The number of aromatic nitrogens is 2. The molecule has 0 fully saturated rings. The Hall–Kier alpha value is -3.28. The topological polar surface area (TPSA) is 65.4 Å². The first-order valence-electron chi connectivity index (χ1n) is 8.33. The van der Waals surface area contributed by atoms with Crippen LogP contribution in [0.15, 0.2) is 54.6 Å².